The van der Waals surface area contributed by atoms with Crippen LogP contribution in [0.2, 0.25) is 5.02 Å². The van der Waals surface area contributed by atoms with E-state index in [1.807, 2.05) is 30.0 Å². The largest absolute Gasteiger partial charge is 0.491 e. The molecule has 3 rings (SSSR count). The fourth-order valence-corrected chi connectivity index (χ4v) is 5.73. The van der Waals surface area contributed by atoms with Gasteiger partial charge in [0.15, 0.2) is 5.75 Å². The predicted molar refractivity (Wildman–Crippen MR) is 164 cm³/mol. The zero-order valence-corrected chi connectivity index (χ0v) is 24.8. The second-order valence-electron chi connectivity index (χ2n) is 10.3. The number of hydrogen-bond acceptors (Lipinski definition) is 4. The van der Waals surface area contributed by atoms with Gasteiger partial charge in [-0.2, -0.15) is 0 Å². The van der Waals surface area contributed by atoms with Gasteiger partial charge in [0.1, 0.15) is 0 Å². The molecule has 0 saturated carbocycles. The molecule has 1 aliphatic heterocycles. The average molecular weight is 557 g/mol. The van der Waals surface area contributed by atoms with Gasteiger partial charge in [0.05, 0.1) is 23.1 Å². The summed E-state index contributed by atoms with van der Waals surface area (Å²) in [6.07, 6.45) is 17.8. The van der Waals surface area contributed by atoms with Crippen LogP contribution in [0.25, 0.3) is 0 Å². The summed E-state index contributed by atoms with van der Waals surface area (Å²) >= 11 is 8.29. The third-order valence-corrected chi connectivity index (χ3v) is 8.17. The van der Waals surface area contributed by atoms with E-state index in [1.54, 1.807) is 18.2 Å². The topological polar surface area (TPSA) is 41.6 Å². The molecule has 0 radical (unpaired) electrons. The molecule has 0 unspecified atom stereocenters. The van der Waals surface area contributed by atoms with Crippen molar-refractivity contribution in [2.45, 2.75) is 97.4 Å². The zero-order chi connectivity index (χ0) is 27.0. The van der Waals surface area contributed by atoms with E-state index in [-0.39, 0.29) is 5.91 Å². The summed E-state index contributed by atoms with van der Waals surface area (Å²) in [6.45, 7) is 5.78. The summed E-state index contributed by atoms with van der Waals surface area (Å²) in [5.74, 6) is 1.23. The number of rotatable bonds is 18. The molecular weight excluding hydrogens is 512 g/mol. The summed E-state index contributed by atoms with van der Waals surface area (Å²) in [7, 11) is 0. The molecule has 208 valence electrons. The Balaban J connectivity index is 1.39. The van der Waals surface area contributed by atoms with Crippen molar-refractivity contribution >= 4 is 35.0 Å². The van der Waals surface area contributed by atoms with E-state index in [4.69, 9.17) is 16.3 Å². The Kier molecular flexibility index (Phi) is 14.0. The molecule has 2 aromatic rings. The third kappa shape index (κ3) is 10.9. The van der Waals surface area contributed by atoms with Gasteiger partial charge in [-0.05, 0) is 48.1 Å². The van der Waals surface area contributed by atoms with E-state index >= 15 is 0 Å². The van der Waals surface area contributed by atoms with Crippen LogP contribution in [0.15, 0.2) is 53.6 Å². The van der Waals surface area contributed by atoms with Crippen molar-refractivity contribution in [2.24, 2.45) is 0 Å². The Bertz CT molecular complexity index is 1030. The molecule has 2 aromatic carbocycles. The van der Waals surface area contributed by atoms with Gasteiger partial charge in [-0.1, -0.05) is 107 Å². The molecule has 1 heterocycles. The number of thioether (sulfide) groups is 1. The smallest absolute Gasteiger partial charge is 0.259 e. The number of benzene rings is 2. The standard InChI is InChI=1S/C32H45ClN2O2S/c1-3-4-5-6-7-8-9-10-11-12-13-14-21-37-31-29(19-16-20-30(31)33)32(36)34-28-18-15-17-27(22-28)24-35-23-26(2)38-25-35/h15-20,22-23H,3-14,21,24-25H2,1-2H3,(H,34,36). The van der Waals surface area contributed by atoms with Gasteiger partial charge in [0.2, 0.25) is 0 Å². The van der Waals surface area contributed by atoms with E-state index in [0.717, 1.165) is 36.5 Å². The highest BCUT2D eigenvalue weighted by Gasteiger charge is 2.17. The minimum absolute atomic E-state index is 0.207. The van der Waals surface area contributed by atoms with E-state index in [9.17, 15) is 4.79 Å². The molecule has 0 saturated heterocycles. The monoisotopic (exact) mass is 556 g/mol. The van der Waals surface area contributed by atoms with Crippen molar-refractivity contribution < 1.29 is 9.53 Å². The fraction of sp³-hybridized carbons (Fsp3) is 0.531. The maximum atomic E-state index is 13.1. The summed E-state index contributed by atoms with van der Waals surface area (Å²) in [5, 5.41) is 3.50. The maximum Gasteiger partial charge on any atom is 0.259 e. The molecule has 1 aliphatic rings. The third-order valence-electron chi connectivity index (χ3n) is 6.85. The number of unbranched alkanes of at least 4 members (excludes halogenated alkanes) is 11. The minimum atomic E-state index is -0.207. The van der Waals surface area contributed by atoms with Crippen LogP contribution in [0.4, 0.5) is 5.69 Å². The zero-order valence-electron chi connectivity index (χ0n) is 23.3. The number of nitrogens with one attached hydrogen (secondary N) is 1. The van der Waals surface area contributed by atoms with Crippen molar-refractivity contribution in [1.82, 2.24) is 4.90 Å². The SMILES string of the molecule is CCCCCCCCCCCCCCOc1c(Cl)cccc1C(=O)Nc1cccc(CN2C=C(C)SC2)c1. The lowest BCUT2D eigenvalue weighted by Crippen LogP contribution is -2.15. The van der Waals surface area contributed by atoms with Crippen molar-refractivity contribution in [3.8, 4) is 5.75 Å². The van der Waals surface area contributed by atoms with E-state index < -0.39 is 0 Å². The van der Waals surface area contributed by atoms with Crippen LogP contribution in [0.3, 0.4) is 0 Å². The highest BCUT2D eigenvalue weighted by molar-refractivity contribution is 8.03. The Morgan fingerprint density at radius 3 is 2.26 bits per heavy atom. The summed E-state index contributed by atoms with van der Waals surface area (Å²) in [5.41, 5.74) is 2.40. The molecule has 1 N–H and O–H groups in total. The molecule has 38 heavy (non-hydrogen) atoms. The second kappa shape index (κ2) is 17.5. The Morgan fingerprint density at radius 2 is 1.61 bits per heavy atom. The lowest BCUT2D eigenvalue weighted by atomic mass is 10.1. The van der Waals surface area contributed by atoms with Crippen LogP contribution < -0.4 is 10.1 Å². The maximum absolute atomic E-state index is 13.1. The highest BCUT2D eigenvalue weighted by Crippen LogP contribution is 2.30. The molecule has 0 aromatic heterocycles. The first-order chi connectivity index (χ1) is 18.6. The molecule has 0 aliphatic carbocycles. The van der Waals surface area contributed by atoms with Gasteiger partial charge in [-0.15, -0.1) is 11.8 Å². The number of hydrogen-bond donors (Lipinski definition) is 1. The van der Waals surface area contributed by atoms with Crippen molar-refractivity contribution in [3.63, 3.8) is 0 Å². The van der Waals surface area contributed by atoms with Gasteiger partial charge in [0, 0.05) is 18.4 Å². The number of ether oxygens (including phenoxy) is 1. The number of carbonyl (C=O) groups is 1. The Labute approximate surface area is 239 Å². The fourth-order valence-electron chi connectivity index (χ4n) is 4.74. The first-order valence-corrected chi connectivity index (χ1v) is 15.8. The molecule has 0 atom stereocenters. The number of allylic oxidation sites excluding steroid dienone is 1. The van der Waals surface area contributed by atoms with Crippen molar-refractivity contribution in [3.05, 3.63) is 69.7 Å². The Hall–Kier alpha value is -2.11. The first-order valence-electron chi connectivity index (χ1n) is 14.4. The molecule has 0 spiro atoms. The van der Waals surface area contributed by atoms with E-state index in [1.165, 1.54) is 69.1 Å². The van der Waals surface area contributed by atoms with E-state index in [0.29, 0.717) is 22.9 Å². The number of amides is 1. The van der Waals surface area contributed by atoms with Crippen LogP contribution in [-0.2, 0) is 6.54 Å². The lowest BCUT2D eigenvalue weighted by Gasteiger charge is -2.16. The number of para-hydroxylation sites is 1. The molecule has 6 heteroatoms. The Morgan fingerprint density at radius 1 is 0.947 bits per heavy atom. The molecule has 4 nitrogen and oxygen atoms in total. The molecular formula is C32H45ClN2O2S. The number of carbonyl (C=O) groups excluding carboxylic acids is 1. The highest BCUT2D eigenvalue weighted by atomic mass is 35.5. The predicted octanol–water partition coefficient (Wildman–Crippen LogP) is 10.0. The lowest BCUT2D eigenvalue weighted by molar-refractivity contribution is 0.102. The minimum Gasteiger partial charge on any atom is -0.491 e. The molecule has 0 bridgehead atoms. The van der Waals surface area contributed by atoms with Crippen LogP contribution in [0.5, 0.6) is 5.75 Å². The summed E-state index contributed by atoms with van der Waals surface area (Å²) in [4.78, 5) is 16.7. The normalized spacial score (nSPS) is 13.0. The molecule has 0 fully saturated rings. The van der Waals surface area contributed by atoms with Crippen molar-refractivity contribution in [1.29, 1.82) is 0 Å². The van der Waals surface area contributed by atoms with Gasteiger partial charge in [-0.3, -0.25) is 4.79 Å². The second-order valence-corrected chi connectivity index (χ2v) is 11.9. The van der Waals surface area contributed by atoms with Gasteiger partial charge in [-0.25, -0.2) is 0 Å². The van der Waals surface area contributed by atoms with Crippen molar-refractivity contribution in [2.75, 3.05) is 17.8 Å². The number of halogens is 1. The van der Waals surface area contributed by atoms with Crippen LogP contribution in [0.1, 0.15) is 107 Å². The van der Waals surface area contributed by atoms with Crippen LogP contribution in [0, 0.1) is 0 Å². The molecule has 1 amide bonds. The summed E-state index contributed by atoms with van der Waals surface area (Å²) in [6, 6.07) is 13.4. The average Bonchev–Trinajstić information content (AvgIpc) is 3.31. The summed E-state index contributed by atoms with van der Waals surface area (Å²) < 4.78 is 6.03. The van der Waals surface area contributed by atoms with Crippen LogP contribution in [-0.4, -0.2) is 23.3 Å². The number of nitrogens with zero attached hydrogens (tertiary/aromatic N) is 1. The van der Waals surface area contributed by atoms with Gasteiger partial charge < -0.3 is 15.0 Å². The number of anilines is 1. The van der Waals surface area contributed by atoms with Gasteiger partial charge >= 0.3 is 0 Å². The van der Waals surface area contributed by atoms with E-state index in [2.05, 4.69) is 36.3 Å². The first kappa shape index (κ1) is 30.4. The van der Waals surface area contributed by atoms with Gasteiger partial charge in [0.25, 0.3) is 5.91 Å². The van der Waals surface area contributed by atoms with Crippen LogP contribution >= 0.6 is 23.4 Å². The quantitative estimate of drug-likeness (QED) is 0.185.